The van der Waals surface area contributed by atoms with E-state index in [1.54, 1.807) is 0 Å². The van der Waals surface area contributed by atoms with Crippen molar-refractivity contribution >= 4 is 11.6 Å². The van der Waals surface area contributed by atoms with E-state index >= 15 is 0 Å². The van der Waals surface area contributed by atoms with Crippen LogP contribution < -0.4 is 5.69 Å². The number of aromatic nitrogens is 3. The normalized spacial score (nSPS) is 12.6. The standard InChI is InChI=1S/C12H14ClN3O/c1-2-11(16-12(17)14-8-15-16)7-9-3-5-10(13)6-4-9/h3-6,8,11H,2,7H2,1H3,(H,14,15,17). The van der Waals surface area contributed by atoms with Crippen molar-refractivity contribution in [2.45, 2.75) is 25.8 Å². The van der Waals surface area contributed by atoms with Crippen LogP contribution >= 0.6 is 11.6 Å². The van der Waals surface area contributed by atoms with Crippen molar-refractivity contribution in [1.29, 1.82) is 0 Å². The highest BCUT2D eigenvalue weighted by Gasteiger charge is 2.12. The fourth-order valence-electron chi connectivity index (χ4n) is 1.82. The van der Waals surface area contributed by atoms with Crippen molar-refractivity contribution in [2.75, 3.05) is 0 Å². The fourth-order valence-corrected chi connectivity index (χ4v) is 1.95. The number of H-pyrrole nitrogens is 1. The Morgan fingerprint density at radius 1 is 1.41 bits per heavy atom. The van der Waals surface area contributed by atoms with Gasteiger partial charge in [-0.2, -0.15) is 5.10 Å². The van der Waals surface area contributed by atoms with Gasteiger partial charge in [-0.25, -0.2) is 9.48 Å². The molecule has 0 saturated heterocycles. The van der Waals surface area contributed by atoms with E-state index in [9.17, 15) is 4.79 Å². The van der Waals surface area contributed by atoms with Gasteiger partial charge in [0, 0.05) is 5.02 Å². The van der Waals surface area contributed by atoms with Crippen LogP contribution in [0.2, 0.25) is 5.02 Å². The molecule has 5 heteroatoms. The molecule has 0 aliphatic carbocycles. The zero-order chi connectivity index (χ0) is 12.3. The Labute approximate surface area is 104 Å². The number of aromatic amines is 1. The van der Waals surface area contributed by atoms with Crippen molar-refractivity contribution in [3.8, 4) is 0 Å². The second kappa shape index (κ2) is 5.19. The first kappa shape index (κ1) is 11.9. The van der Waals surface area contributed by atoms with Gasteiger partial charge in [0.15, 0.2) is 0 Å². The van der Waals surface area contributed by atoms with Crippen molar-refractivity contribution in [3.05, 3.63) is 51.7 Å². The molecule has 0 aliphatic heterocycles. The minimum absolute atomic E-state index is 0.0786. The Kier molecular flexibility index (Phi) is 3.64. The van der Waals surface area contributed by atoms with E-state index in [-0.39, 0.29) is 11.7 Å². The van der Waals surface area contributed by atoms with Gasteiger partial charge >= 0.3 is 5.69 Å². The van der Waals surface area contributed by atoms with Crippen LogP contribution in [0.3, 0.4) is 0 Å². The predicted octanol–water partition coefficient (Wildman–Crippen LogP) is 2.42. The van der Waals surface area contributed by atoms with Gasteiger partial charge in [-0.1, -0.05) is 30.7 Å². The van der Waals surface area contributed by atoms with Gasteiger partial charge < -0.3 is 0 Å². The summed E-state index contributed by atoms with van der Waals surface area (Å²) in [6.45, 7) is 2.04. The van der Waals surface area contributed by atoms with E-state index in [1.165, 1.54) is 11.0 Å². The molecule has 0 aliphatic rings. The minimum atomic E-state index is -0.161. The molecule has 1 aromatic carbocycles. The third kappa shape index (κ3) is 2.77. The molecular formula is C12H14ClN3O. The fraction of sp³-hybridized carbons (Fsp3) is 0.333. The average Bonchev–Trinajstić information content (AvgIpc) is 2.75. The number of rotatable bonds is 4. The second-order valence-corrected chi connectivity index (χ2v) is 4.37. The van der Waals surface area contributed by atoms with Crippen LogP contribution in [0, 0.1) is 0 Å². The lowest BCUT2D eigenvalue weighted by molar-refractivity contribution is 0.425. The van der Waals surface area contributed by atoms with Crippen LogP contribution in [0.15, 0.2) is 35.4 Å². The van der Waals surface area contributed by atoms with Crippen molar-refractivity contribution in [1.82, 2.24) is 14.8 Å². The van der Waals surface area contributed by atoms with E-state index in [0.717, 1.165) is 23.4 Å². The summed E-state index contributed by atoms with van der Waals surface area (Å²) in [5.41, 5.74) is 0.988. The average molecular weight is 252 g/mol. The SMILES string of the molecule is CCC(Cc1ccc(Cl)cc1)n1nc[nH]c1=O. The highest BCUT2D eigenvalue weighted by molar-refractivity contribution is 6.30. The summed E-state index contributed by atoms with van der Waals surface area (Å²) in [5, 5.41) is 4.74. The van der Waals surface area contributed by atoms with E-state index < -0.39 is 0 Å². The summed E-state index contributed by atoms with van der Waals surface area (Å²) in [6, 6.07) is 7.74. The van der Waals surface area contributed by atoms with Gasteiger partial charge in [-0.15, -0.1) is 0 Å². The molecular weight excluding hydrogens is 238 g/mol. The molecule has 0 fully saturated rings. The van der Waals surface area contributed by atoms with Crippen LogP contribution in [0.4, 0.5) is 0 Å². The Balaban J connectivity index is 2.18. The maximum atomic E-state index is 11.5. The van der Waals surface area contributed by atoms with E-state index in [0.29, 0.717) is 0 Å². The minimum Gasteiger partial charge on any atom is -0.295 e. The van der Waals surface area contributed by atoms with E-state index in [2.05, 4.69) is 10.1 Å². The lowest BCUT2D eigenvalue weighted by Gasteiger charge is -2.14. The summed E-state index contributed by atoms with van der Waals surface area (Å²) < 4.78 is 1.49. The molecule has 2 rings (SSSR count). The smallest absolute Gasteiger partial charge is 0.295 e. The van der Waals surface area contributed by atoms with Crippen LogP contribution in [0.25, 0.3) is 0 Å². The van der Waals surface area contributed by atoms with Gasteiger partial charge in [0.1, 0.15) is 6.33 Å². The molecule has 0 radical (unpaired) electrons. The molecule has 0 amide bonds. The maximum Gasteiger partial charge on any atom is 0.343 e. The van der Waals surface area contributed by atoms with Crippen LogP contribution in [0.5, 0.6) is 0 Å². The number of nitrogens with zero attached hydrogens (tertiary/aromatic N) is 2. The Morgan fingerprint density at radius 3 is 2.65 bits per heavy atom. The molecule has 0 saturated carbocycles. The first-order valence-corrected chi connectivity index (χ1v) is 5.95. The summed E-state index contributed by atoms with van der Waals surface area (Å²) in [7, 11) is 0. The number of nitrogens with one attached hydrogen (secondary N) is 1. The summed E-state index contributed by atoms with van der Waals surface area (Å²) in [4.78, 5) is 14.0. The summed E-state index contributed by atoms with van der Waals surface area (Å²) >= 11 is 5.83. The quantitative estimate of drug-likeness (QED) is 0.907. The van der Waals surface area contributed by atoms with Gasteiger partial charge in [0.25, 0.3) is 0 Å². The number of halogens is 1. The Morgan fingerprint density at radius 2 is 2.12 bits per heavy atom. The van der Waals surface area contributed by atoms with Crippen LogP contribution in [-0.4, -0.2) is 14.8 Å². The molecule has 1 unspecified atom stereocenters. The van der Waals surface area contributed by atoms with Crippen molar-refractivity contribution in [2.24, 2.45) is 0 Å². The van der Waals surface area contributed by atoms with E-state index in [4.69, 9.17) is 11.6 Å². The van der Waals surface area contributed by atoms with Gasteiger partial charge in [0.05, 0.1) is 6.04 Å². The number of benzene rings is 1. The summed E-state index contributed by atoms with van der Waals surface area (Å²) in [5.74, 6) is 0. The molecule has 0 bridgehead atoms. The second-order valence-electron chi connectivity index (χ2n) is 3.93. The molecule has 1 atom stereocenters. The van der Waals surface area contributed by atoms with Crippen molar-refractivity contribution in [3.63, 3.8) is 0 Å². The van der Waals surface area contributed by atoms with Crippen LogP contribution in [-0.2, 0) is 6.42 Å². The highest BCUT2D eigenvalue weighted by atomic mass is 35.5. The topological polar surface area (TPSA) is 50.7 Å². The zero-order valence-corrected chi connectivity index (χ0v) is 10.3. The first-order chi connectivity index (χ1) is 8.20. The Hall–Kier alpha value is -1.55. The largest absolute Gasteiger partial charge is 0.343 e. The van der Waals surface area contributed by atoms with Gasteiger partial charge in [-0.3, -0.25) is 4.98 Å². The summed E-state index contributed by atoms with van der Waals surface area (Å²) in [6.07, 6.45) is 3.05. The molecule has 0 spiro atoms. The molecule has 2 aromatic rings. The third-order valence-electron chi connectivity index (χ3n) is 2.78. The predicted molar refractivity (Wildman–Crippen MR) is 67.3 cm³/mol. The maximum absolute atomic E-state index is 11.5. The highest BCUT2D eigenvalue weighted by Crippen LogP contribution is 2.17. The third-order valence-corrected chi connectivity index (χ3v) is 3.03. The van der Waals surface area contributed by atoms with E-state index in [1.807, 2.05) is 31.2 Å². The molecule has 1 heterocycles. The molecule has 4 nitrogen and oxygen atoms in total. The van der Waals surface area contributed by atoms with Gasteiger partial charge in [0.2, 0.25) is 0 Å². The molecule has 1 aromatic heterocycles. The molecule has 1 N–H and O–H groups in total. The number of hydrogen-bond acceptors (Lipinski definition) is 2. The number of hydrogen-bond donors (Lipinski definition) is 1. The Bertz CT molecular complexity index is 529. The molecule has 90 valence electrons. The lowest BCUT2D eigenvalue weighted by Crippen LogP contribution is -2.24. The first-order valence-electron chi connectivity index (χ1n) is 5.57. The van der Waals surface area contributed by atoms with Gasteiger partial charge in [-0.05, 0) is 30.5 Å². The zero-order valence-electron chi connectivity index (χ0n) is 9.56. The van der Waals surface area contributed by atoms with Crippen molar-refractivity contribution < 1.29 is 0 Å². The van der Waals surface area contributed by atoms with Crippen LogP contribution in [0.1, 0.15) is 24.9 Å². The lowest BCUT2D eigenvalue weighted by atomic mass is 10.0. The monoisotopic (exact) mass is 251 g/mol. The molecule has 17 heavy (non-hydrogen) atoms.